The Morgan fingerprint density at radius 2 is 1.74 bits per heavy atom. The molecule has 0 fully saturated rings. The van der Waals surface area contributed by atoms with Crippen molar-refractivity contribution in [3.8, 4) is 0 Å². The van der Waals surface area contributed by atoms with Gasteiger partial charge in [0.2, 0.25) is 0 Å². The summed E-state index contributed by atoms with van der Waals surface area (Å²) < 4.78 is 14.0. The molecule has 2 N–H and O–H groups in total. The summed E-state index contributed by atoms with van der Waals surface area (Å²) >= 11 is 0. The van der Waals surface area contributed by atoms with Gasteiger partial charge in [0.1, 0.15) is 5.67 Å². The minimum absolute atomic E-state index is 0.0787. The number of carboxylic acid groups (broad SMARTS) is 2. The zero-order chi connectivity index (χ0) is 15.0. The van der Waals surface area contributed by atoms with Crippen LogP contribution in [0.3, 0.4) is 0 Å². The van der Waals surface area contributed by atoms with E-state index in [0.29, 0.717) is 5.56 Å². The molecular weight excluding hydrogens is 251 g/mol. The van der Waals surface area contributed by atoms with Gasteiger partial charge < -0.3 is 10.2 Å². The van der Waals surface area contributed by atoms with Crippen molar-refractivity contribution in [3.63, 3.8) is 0 Å². The van der Waals surface area contributed by atoms with E-state index in [0.717, 1.165) is 0 Å². The SMILES string of the molecule is Cc1c(C(=O)O)ccc(C(C)C(C)(C)F)c1C(=O)O. The van der Waals surface area contributed by atoms with E-state index in [1.165, 1.54) is 32.9 Å². The molecule has 1 aromatic carbocycles. The lowest BCUT2D eigenvalue weighted by Gasteiger charge is -2.25. The second kappa shape index (κ2) is 4.99. The number of benzene rings is 1. The van der Waals surface area contributed by atoms with Crippen molar-refractivity contribution in [3.05, 3.63) is 34.4 Å². The van der Waals surface area contributed by atoms with E-state index in [1.807, 2.05) is 0 Å². The smallest absolute Gasteiger partial charge is 0.336 e. The predicted octanol–water partition coefficient (Wildman–Crippen LogP) is 3.24. The van der Waals surface area contributed by atoms with Crippen LogP contribution in [0.15, 0.2) is 12.1 Å². The molecule has 0 amide bonds. The highest BCUT2D eigenvalue weighted by atomic mass is 19.1. The summed E-state index contributed by atoms with van der Waals surface area (Å²) in [6.45, 7) is 5.74. The Bertz CT molecular complexity index is 529. The highest BCUT2D eigenvalue weighted by Gasteiger charge is 2.31. The molecule has 0 spiro atoms. The molecular formula is C14H17FO4. The van der Waals surface area contributed by atoms with Crippen LogP contribution in [-0.2, 0) is 0 Å². The summed E-state index contributed by atoms with van der Waals surface area (Å²) in [5.74, 6) is -3.09. The minimum atomic E-state index is -1.60. The highest BCUT2D eigenvalue weighted by Crippen LogP contribution is 2.34. The average Bonchev–Trinajstić information content (AvgIpc) is 2.25. The van der Waals surface area contributed by atoms with Gasteiger partial charge in [0.15, 0.2) is 0 Å². The van der Waals surface area contributed by atoms with Gasteiger partial charge in [-0.3, -0.25) is 0 Å². The third-order valence-electron chi connectivity index (χ3n) is 3.44. The fourth-order valence-electron chi connectivity index (χ4n) is 1.98. The van der Waals surface area contributed by atoms with Crippen LogP contribution in [0.4, 0.5) is 4.39 Å². The van der Waals surface area contributed by atoms with Crippen LogP contribution >= 0.6 is 0 Å². The minimum Gasteiger partial charge on any atom is -0.478 e. The van der Waals surface area contributed by atoms with Crippen LogP contribution in [0, 0.1) is 6.92 Å². The maximum absolute atomic E-state index is 14.0. The number of carbonyl (C=O) groups is 2. The fraction of sp³-hybridized carbons (Fsp3) is 0.429. The van der Waals surface area contributed by atoms with Crippen LogP contribution < -0.4 is 0 Å². The van der Waals surface area contributed by atoms with Gasteiger partial charge in [0.05, 0.1) is 11.1 Å². The van der Waals surface area contributed by atoms with Crippen LogP contribution in [-0.4, -0.2) is 27.8 Å². The predicted molar refractivity (Wildman–Crippen MR) is 68.7 cm³/mol. The zero-order valence-electron chi connectivity index (χ0n) is 11.3. The van der Waals surface area contributed by atoms with Crippen LogP contribution in [0.1, 0.15) is 58.5 Å². The number of rotatable bonds is 4. The van der Waals surface area contributed by atoms with Gasteiger partial charge in [-0.1, -0.05) is 13.0 Å². The van der Waals surface area contributed by atoms with E-state index in [-0.39, 0.29) is 16.7 Å². The van der Waals surface area contributed by atoms with E-state index >= 15 is 0 Å². The van der Waals surface area contributed by atoms with E-state index in [1.54, 1.807) is 6.92 Å². The molecule has 104 valence electrons. The first kappa shape index (κ1) is 15.1. The van der Waals surface area contributed by atoms with E-state index in [4.69, 9.17) is 5.11 Å². The maximum Gasteiger partial charge on any atom is 0.336 e. The molecule has 1 aromatic rings. The van der Waals surface area contributed by atoms with Gasteiger partial charge in [-0.15, -0.1) is 0 Å². The standard InChI is InChI=1S/C14H17FO4/c1-7-9(12(16)17)5-6-10(11(7)13(18)19)8(2)14(3,4)15/h5-6,8H,1-4H3,(H,16,17)(H,18,19). The first-order valence-electron chi connectivity index (χ1n) is 5.86. The lowest BCUT2D eigenvalue weighted by atomic mass is 9.82. The first-order valence-corrected chi connectivity index (χ1v) is 5.86. The fourth-order valence-corrected chi connectivity index (χ4v) is 1.98. The second-order valence-electron chi connectivity index (χ2n) is 5.10. The van der Waals surface area contributed by atoms with Crippen molar-refractivity contribution in [1.82, 2.24) is 0 Å². The number of hydrogen-bond acceptors (Lipinski definition) is 2. The molecule has 4 nitrogen and oxygen atoms in total. The molecule has 0 bridgehead atoms. The molecule has 0 saturated heterocycles. The Labute approximate surface area is 110 Å². The lowest BCUT2D eigenvalue weighted by molar-refractivity contribution is 0.0692. The number of aromatic carboxylic acids is 2. The van der Waals surface area contributed by atoms with Crippen LogP contribution in [0.5, 0.6) is 0 Å². The monoisotopic (exact) mass is 268 g/mol. The molecule has 1 unspecified atom stereocenters. The van der Waals surface area contributed by atoms with E-state index in [9.17, 15) is 19.1 Å². The van der Waals surface area contributed by atoms with Gasteiger partial charge in [-0.05, 0) is 38.0 Å². The number of alkyl halides is 1. The molecule has 0 aliphatic carbocycles. The van der Waals surface area contributed by atoms with Crippen molar-refractivity contribution in [1.29, 1.82) is 0 Å². The lowest BCUT2D eigenvalue weighted by Crippen LogP contribution is -2.24. The van der Waals surface area contributed by atoms with Crippen molar-refractivity contribution in [2.75, 3.05) is 0 Å². The number of hydrogen-bond donors (Lipinski definition) is 2. The molecule has 1 rings (SSSR count). The van der Waals surface area contributed by atoms with Gasteiger partial charge in [-0.25, -0.2) is 14.0 Å². The molecule has 5 heteroatoms. The highest BCUT2D eigenvalue weighted by molar-refractivity contribution is 5.97. The van der Waals surface area contributed by atoms with Crippen molar-refractivity contribution in [2.45, 2.75) is 39.3 Å². The molecule has 0 saturated carbocycles. The van der Waals surface area contributed by atoms with Gasteiger partial charge in [0, 0.05) is 5.92 Å². The molecule has 1 atom stereocenters. The summed E-state index contributed by atoms with van der Waals surface area (Å²) in [4.78, 5) is 22.3. The van der Waals surface area contributed by atoms with E-state index < -0.39 is 23.5 Å². The number of carboxylic acids is 2. The first-order chi connectivity index (χ1) is 8.57. The van der Waals surface area contributed by atoms with Gasteiger partial charge in [-0.2, -0.15) is 0 Å². The molecule has 0 heterocycles. The Morgan fingerprint density at radius 1 is 1.21 bits per heavy atom. The summed E-state index contributed by atoms with van der Waals surface area (Å²) in [7, 11) is 0. The molecule has 0 aliphatic heterocycles. The van der Waals surface area contributed by atoms with Crippen LogP contribution in [0.25, 0.3) is 0 Å². The largest absolute Gasteiger partial charge is 0.478 e. The zero-order valence-corrected chi connectivity index (χ0v) is 11.3. The third-order valence-corrected chi connectivity index (χ3v) is 3.44. The Hall–Kier alpha value is -1.91. The van der Waals surface area contributed by atoms with Gasteiger partial charge in [0.25, 0.3) is 0 Å². The second-order valence-corrected chi connectivity index (χ2v) is 5.10. The van der Waals surface area contributed by atoms with Crippen molar-refractivity contribution < 1.29 is 24.2 Å². The quantitative estimate of drug-likeness (QED) is 0.879. The number of halogens is 1. The Morgan fingerprint density at radius 3 is 2.11 bits per heavy atom. The maximum atomic E-state index is 14.0. The van der Waals surface area contributed by atoms with E-state index in [2.05, 4.69) is 0 Å². The van der Waals surface area contributed by atoms with Crippen molar-refractivity contribution in [2.24, 2.45) is 0 Å². The van der Waals surface area contributed by atoms with Crippen LogP contribution in [0.2, 0.25) is 0 Å². The summed E-state index contributed by atoms with van der Waals surface area (Å²) in [5.41, 5.74) is -1.35. The molecule has 19 heavy (non-hydrogen) atoms. The topological polar surface area (TPSA) is 74.6 Å². The van der Waals surface area contributed by atoms with Crippen molar-refractivity contribution >= 4 is 11.9 Å². The Balaban J connectivity index is 3.55. The Kier molecular flexibility index (Phi) is 3.98. The summed E-state index contributed by atoms with van der Waals surface area (Å²) in [6, 6.07) is 2.70. The summed E-state index contributed by atoms with van der Waals surface area (Å²) in [6.07, 6.45) is 0. The third kappa shape index (κ3) is 2.92. The molecule has 0 radical (unpaired) electrons. The molecule has 0 aliphatic rings. The normalized spacial score (nSPS) is 13.1. The van der Waals surface area contributed by atoms with Gasteiger partial charge >= 0.3 is 11.9 Å². The summed E-state index contributed by atoms with van der Waals surface area (Å²) in [5, 5.41) is 18.2. The molecule has 0 aromatic heterocycles. The average molecular weight is 268 g/mol.